The maximum atomic E-state index is 10.1. The first kappa shape index (κ1) is 42.7. The smallest absolute Gasteiger partial charge is 0.303 e. The summed E-state index contributed by atoms with van der Waals surface area (Å²) in [5, 5.41) is 0.521. The van der Waals surface area contributed by atoms with Gasteiger partial charge in [0.1, 0.15) is 0 Å². The second-order valence-electron chi connectivity index (χ2n) is 12.2. The number of hydrogen-bond donors (Lipinski definition) is 1. The Morgan fingerprint density at radius 1 is 0.550 bits per heavy atom. The molecule has 0 heterocycles. The van der Waals surface area contributed by atoms with Crippen molar-refractivity contribution < 1.29 is 18.5 Å². The molecule has 0 rings (SSSR count). The van der Waals surface area contributed by atoms with Gasteiger partial charge in [-0.2, -0.15) is 0 Å². The third-order valence-electron chi connectivity index (χ3n) is 8.58. The van der Waals surface area contributed by atoms with Gasteiger partial charge in [-0.3, -0.25) is 9.05 Å². The summed E-state index contributed by atoms with van der Waals surface area (Å²) in [5.74, 6) is 0.941. The van der Waals surface area contributed by atoms with E-state index in [1.54, 1.807) is 0 Å². The first-order valence-electron chi connectivity index (χ1n) is 17.5. The van der Waals surface area contributed by atoms with Crippen LogP contribution in [0.5, 0.6) is 0 Å². The van der Waals surface area contributed by atoms with Gasteiger partial charge < -0.3 is 4.89 Å². The Morgan fingerprint density at radius 2 is 0.825 bits per heavy atom. The fourth-order valence-corrected chi connectivity index (χ4v) is 6.68. The highest BCUT2D eigenvalue weighted by Gasteiger charge is 2.32. The first-order chi connectivity index (χ1) is 19.3. The second kappa shape index (κ2) is 31.0. The highest BCUT2D eigenvalue weighted by atomic mass is 31.2. The van der Waals surface area contributed by atoms with Gasteiger partial charge >= 0.3 is 7.82 Å². The van der Waals surface area contributed by atoms with E-state index >= 15 is 0 Å². The summed E-state index contributed by atoms with van der Waals surface area (Å²) in [5.41, 5.74) is 0. The van der Waals surface area contributed by atoms with Crippen molar-refractivity contribution in [1.29, 1.82) is 0 Å². The predicted octanol–water partition coefficient (Wildman–Crippen LogP) is 12.8. The number of unbranched alkanes of at least 4 members (excludes halogenated alkanes) is 18. The molecular weight excluding hydrogens is 534 g/mol. The summed E-state index contributed by atoms with van der Waals surface area (Å²) in [6, 6.07) is 0. The molecule has 2 unspecified atom stereocenters. The molecule has 4 nitrogen and oxygen atoms in total. The van der Waals surface area contributed by atoms with Crippen LogP contribution >= 0.6 is 17.1 Å². The van der Waals surface area contributed by atoms with Gasteiger partial charge in [0, 0.05) is 14.2 Å². The molecule has 0 saturated carbocycles. The highest BCUT2D eigenvalue weighted by molar-refractivity contribution is 7.47. The minimum atomic E-state index is -3.65. The van der Waals surface area contributed by atoms with Crippen molar-refractivity contribution in [1.82, 2.24) is 0 Å². The van der Waals surface area contributed by atoms with Crippen LogP contribution in [0.1, 0.15) is 195 Å². The molecule has 2 atom stereocenters. The molecule has 0 bridgehead atoms. The van der Waals surface area contributed by atoms with E-state index < -0.39 is 7.82 Å². The van der Waals surface area contributed by atoms with Gasteiger partial charge in [-0.15, -0.1) is 9.24 Å². The number of rotatable bonds is 29. The minimum Gasteiger partial charge on any atom is -0.303 e. The van der Waals surface area contributed by atoms with Crippen molar-refractivity contribution in [3.05, 3.63) is 0 Å². The molecule has 0 aliphatic heterocycles. The summed E-state index contributed by atoms with van der Waals surface area (Å²) in [6.07, 6.45) is 37.6. The Kier molecular flexibility index (Phi) is 33.0. The van der Waals surface area contributed by atoms with Gasteiger partial charge in [0.2, 0.25) is 0 Å². The molecule has 1 N–H and O–H groups in total. The van der Waals surface area contributed by atoms with Crippen LogP contribution in [0.25, 0.3) is 0 Å². The van der Waals surface area contributed by atoms with Crippen LogP contribution < -0.4 is 0 Å². The van der Waals surface area contributed by atoms with Gasteiger partial charge in [-0.25, -0.2) is 4.57 Å². The zero-order valence-corrected chi connectivity index (χ0v) is 30.2. The molecule has 0 aromatic rings. The Bertz CT molecular complexity index is 524. The summed E-state index contributed by atoms with van der Waals surface area (Å²) in [6.45, 7) is 9.36. The fourth-order valence-electron chi connectivity index (χ4n) is 5.78. The van der Waals surface area contributed by atoms with Crippen molar-refractivity contribution in [2.75, 3.05) is 14.2 Å². The molecule has 0 saturated heterocycles. The van der Waals surface area contributed by atoms with Crippen molar-refractivity contribution in [3.63, 3.8) is 0 Å². The van der Waals surface area contributed by atoms with Crippen LogP contribution in [0, 0.1) is 5.92 Å². The monoisotopic (exact) mass is 609 g/mol. The molecule has 6 heteroatoms. The zero-order chi connectivity index (χ0) is 30.4. The van der Waals surface area contributed by atoms with Gasteiger partial charge in [-0.1, -0.05) is 169 Å². The lowest BCUT2D eigenvalue weighted by atomic mass is 9.77. The average molecular weight is 609 g/mol. The largest absolute Gasteiger partial charge is 0.471 e. The molecule has 0 aliphatic carbocycles. The van der Waals surface area contributed by atoms with Gasteiger partial charge in [0.25, 0.3) is 0 Å². The predicted molar refractivity (Wildman–Crippen MR) is 183 cm³/mol. The van der Waals surface area contributed by atoms with E-state index in [1.807, 2.05) is 0 Å². The van der Waals surface area contributed by atoms with Crippen LogP contribution in [-0.2, 0) is 13.6 Å². The van der Waals surface area contributed by atoms with E-state index in [-0.39, 0.29) is 0 Å². The molecule has 40 heavy (non-hydrogen) atoms. The Hall–Kier alpha value is 0.540. The van der Waals surface area contributed by atoms with Crippen LogP contribution in [0.3, 0.4) is 0 Å². The first-order valence-corrected chi connectivity index (χ1v) is 19.6. The van der Waals surface area contributed by atoms with Crippen molar-refractivity contribution in [2.24, 2.45) is 5.92 Å². The lowest BCUT2D eigenvalue weighted by Gasteiger charge is -2.39. The molecule has 0 spiro atoms. The quantitative estimate of drug-likeness (QED) is 0.0678. The van der Waals surface area contributed by atoms with Crippen LogP contribution in [0.15, 0.2) is 0 Å². The Balaban J connectivity index is 0. The summed E-state index contributed by atoms with van der Waals surface area (Å²) in [7, 11) is 2.03. The number of phosphoric acid groups is 1. The van der Waals surface area contributed by atoms with E-state index in [0.29, 0.717) is 5.16 Å². The highest BCUT2D eigenvalue weighted by Crippen LogP contribution is 2.44. The maximum Gasteiger partial charge on any atom is 0.471 e. The Morgan fingerprint density at radius 3 is 1.12 bits per heavy atom. The summed E-state index contributed by atoms with van der Waals surface area (Å²) < 4.78 is 18.0. The average Bonchev–Trinajstić information content (AvgIpc) is 2.96. The van der Waals surface area contributed by atoms with E-state index in [9.17, 15) is 4.57 Å². The number of phosphoric ester groups is 1. The second-order valence-corrected chi connectivity index (χ2v) is 15.0. The third-order valence-corrected chi connectivity index (χ3v) is 10.5. The van der Waals surface area contributed by atoms with Gasteiger partial charge in [0.05, 0.1) is 0 Å². The van der Waals surface area contributed by atoms with Crippen LogP contribution in [0.4, 0.5) is 0 Å². The number of hydrogen-bond acceptors (Lipinski definition) is 3. The maximum absolute atomic E-state index is 10.1. The van der Waals surface area contributed by atoms with Crippen LogP contribution in [0.2, 0.25) is 0 Å². The van der Waals surface area contributed by atoms with E-state index in [2.05, 4.69) is 46.0 Å². The molecule has 0 aromatic carbocycles. The van der Waals surface area contributed by atoms with E-state index in [0.717, 1.165) is 20.1 Å². The fraction of sp³-hybridized carbons (Fsp3) is 1.00. The molecule has 0 amide bonds. The van der Waals surface area contributed by atoms with Crippen molar-refractivity contribution in [2.45, 2.75) is 200 Å². The van der Waals surface area contributed by atoms with Gasteiger partial charge in [0.15, 0.2) is 0 Å². The third kappa shape index (κ3) is 27.4. The molecule has 0 radical (unpaired) electrons. The molecular formula is C34H74O4P2. The SMILES string of the molecule is CCCCCCCCCCCCC(CCCCCC)C(P)(CCCCCC)CCCCCC.COP(=O)(O)OC. The van der Waals surface area contributed by atoms with Crippen molar-refractivity contribution in [3.8, 4) is 0 Å². The lowest BCUT2D eigenvalue weighted by molar-refractivity contribution is 0.204. The topological polar surface area (TPSA) is 55.8 Å². The van der Waals surface area contributed by atoms with Gasteiger partial charge in [-0.05, 0) is 36.8 Å². The molecule has 244 valence electrons. The summed E-state index contributed by atoms with van der Waals surface area (Å²) in [4.78, 5) is 8.24. The van der Waals surface area contributed by atoms with E-state index in [4.69, 9.17) is 4.89 Å². The molecule has 0 aliphatic rings. The van der Waals surface area contributed by atoms with Crippen molar-refractivity contribution >= 4 is 17.1 Å². The summed E-state index contributed by atoms with van der Waals surface area (Å²) >= 11 is 0. The standard InChI is InChI=1S/C32H67P.C2H7O4P/c1-5-9-13-17-18-19-20-21-22-24-28-31(27-23-14-10-6-2)32(33,29-25-15-11-7-3)30-26-16-12-8-4;1-5-7(3,4)6-2/h31H,5-30,33H2,1-4H3;1-2H3,(H,3,4). The van der Waals surface area contributed by atoms with Crippen LogP contribution in [-0.4, -0.2) is 24.3 Å². The lowest BCUT2D eigenvalue weighted by Crippen LogP contribution is -2.32. The zero-order valence-electron chi connectivity index (χ0n) is 28.2. The Labute approximate surface area is 255 Å². The molecule has 0 aromatic heterocycles. The van der Waals surface area contributed by atoms with E-state index in [1.165, 1.54) is 167 Å². The normalized spacial score (nSPS) is 12.8. The minimum absolute atomic E-state index is 0.521. The molecule has 0 fully saturated rings.